The molecule has 1 rings (SSSR count). The number of rotatable bonds is 5. The van der Waals surface area contributed by atoms with E-state index in [1.54, 1.807) is 0 Å². The lowest BCUT2D eigenvalue weighted by molar-refractivity contribution is -0.146. The van der Waals surface area contributed by atoms with Crippen molar-refractivity contribution in [2.75, 3.05) is 27.2 Å². The van der Waals surface area contributed by atoms with Crippen LogP contribution in [0.1, 0.15) is 12.8 Å². The number of nitrogens with zero attached hydrogens (tertiary/aromatic N) is 1. The summed E-state index contributed by atoms with van der Waals surface area (Å²) in [5, 5.41) is 12.0. The van der Waals surface area contributed by atoms with E-state index in [-0.39, 0.29) is 12.0 Å². The third kappa shape index (κ3) is 2.97. The summed E-state index contributed by atoms with van der Waals surface area (Å²) < 4.78 is 0. The zero-order chi connectivity index (χ0) is 9.84. The second-order valence-corrected chi connectivity index (χ2v) is 3.89. The van der Waals surface area contributed by atoms with Crippen molar-refractivity contribution in [3.63, 3.8) is 0 Å². The van der Waals surface area contributed by atoms with Gasteiger partial charge < -0.3 is 15.3 Å². The maximum atomic E-state index is 10.6. The van der Waals surface area contributed by atoms with Gasteiger partial charge in [0, 0.05) is 19.1 Å². The molecule has 1 fully saturated rings. The molecule has 0 aromatic rings. The maximum Gasteiger partial charge on any atom is 0.308 e. The summed E-state index contributed by atoms with van der Waals surface area (Å²) in [6, 6.07) is 0.206. The van der Waals surface area contributed by atoms with Crippen LogP contribution < -0.4 is 5.32 Å². The van der Waals surface area contributed by atoms with E-state index in [4.69, 9.17) is 5.11 Å². The van der Waals surface area contributed by atoms with Gasteiger partial charge in [0.25, 0.3) is 0 Å². The van der Waals surface area contributed by atoms with Gasteiger partial charge in [-0.1, -0.05) is 0 Å². The predicted molar refractivity (Wildman–Crippen MR) is 50.7 cm³/mol. The number of likely N-dealkylation sites (N-methyl/N-ethyl adjacent to an activating group) is 1. The Bertz CT molecular complexity index is 182. The van der Waals surface area contributed by atoms with Crippen molar-refractivity contribution < 1.29 is 9.90 Å². The van der Waals surface area contributed by atoms with Crippen molar-refractivity contribution in [3.8, 4) is 0 Å². The van der Waals surface area contributed by atoms with Gasteiger partial charge in [-0.25, -0.2) is 0 Å². The number of hydrogen-bond acceptors (Lipinski definition) is 3. The van der Waals surface area contributed by atoms with Crippen LogP contribution >= 0.6 is 0 Å². The number of hydrogen-bond donors (Lipinski definition) is 2. The molecule has 0 spiro atoms. The Labute approximate surface area is 78.9 Å². The topological polar surface area (TPSA) is 52.6 Å². The van der Waals surface area contributed by atoms with Gasteiger partial charge in [0.15, 0.2) is 0 Å². The first-order valence-corrected chi connectivity index (χ1v) is 4.72. The Balaban J connectivity index is 2.12. The van der Waals surface area contributed by atoms with Crippen LogP contribution in [0.15, 0.2) is 0 Å². The van der Waals surface area contributed by atoms with Crippen molar-refractivity contribution in [1.82, 2.24) is 10.2 Å². The third-order valence-corrected chi connectivity index (χ3v) is 2.56. The molecule has 4 heteroatoms. The minimum absolute atomic E-state index is 0.151. The van der Waals surface area contributed by atoms with Gasteiger partial charge in [-0.05, 0) is 26.9 Å². The Kier molecular flexibility index (Phi) is 3.69. The molecule has 76 valence electrons. The van der Waals surface area contributed by atoms with Gasteiger partial charge in [0.1, 0.15) is 0 Å². The van der Waals surface area contributed by atoms with Crippen molar-refractivity contribution in [3.05, 3.63) is 0 Å². The minimum atomic E-state index is -0.659. The van der Waals surface area contributed by atoms with Crippen LogP contribution in [0.25, 0.3) is 0 Å². The van der Waals surface area contributed by atoms with E-state index in [9.17, 15) is 4.79 Å². The van der Waals surface area contributed by atoms with Crippen molar-refractivity contribution in [2.45, 2.75) is 18.9 Å². The molecule has 1 aliphatic rings. The quantitative estimate of drug-likeness (QED) is 0.634. The summed E-state index contributed by atoms with van der Waals surface area (Å²) in [4.78, 5) is 12.7. The first-order chi connectivity index (χ1) is 6.11. The predicted octanol–water partition coefficient (Wildman–Crippen LogP) is 0.000800. The van der Waals surface area contributed by atoms with E-state index in [1.165, 1.54) is 0 Å². The summed E-state index contributed by atoms with van der Waals surface area (Å²) in [5.41, 5.74) is 0. The fraction of sp³-hybridized carbons (Fsp3) is 0.889. The van der Waals surface area contributed by atoms with Gasteiger partial charge in [-0.3, -0.25) is 4.79 Å². The number of nitrogens with one attached hydrogen (secondary N) is 1. The summed E-state index contributed by atoms with van der Waals surface area (Å²) >= 11 is 0. The highest BCUT2D eigenvalue weighted by Gasteiger charge is 2.35. The van der Waals surface area contributed by atoms with E-state index >= 15 is 0 Å². The van der Waals surface area contributed by atoms with Crippen molar-refractivity contribution >= 4 is 5.97 Å². The molecule has 0 aromatic heterocycles. The van der Waals surface area contributed by atoms with Crippen LogP contribution in [0, 0.1) is 5.92 Å². The molecule has 0 aliphatic heterocycles. The van der Waals surface area contributed by atoms with E-state index in [0.29, 0.717) is 0 Å². The molecular formula is C9H18N2O2. The fourth-order valence-electron chi connectivity index (χ4n) is 1.51. The molecule has 0 aromatic carbocycles. The first kappa shape index (κ1) is 10.5. The highest BCUT2D eigenvalue weighted by molar-refractivity contribution is 5.72. The van der Waals surface area contributed by atoms with Crippen LogP contribution in [0.2, 0.25) is 0 Å². The van der Waals surface area contributed by atoms with Crippen LogP contribution in [0.4, 0.5) is 0 Å². The lowest BCUT2D eigenvalue weighted by Crippen LogP contribution is -2.49. The summed E-state index contributed by atoms with van der Waals surface area (Å²) in [5.74, 6) is -0.809. The van der Waals surface area contributed by atoms with Gasteiger partial charge in [-0.2, -0.15) is 0 Å². The average molecular weight is 186 g/mol. The normalized spacial score (nSPS) is 27.3. The Hall–Kier alpha value is -0.610. The van der Waals surface area contributed by atoms with Gasteiger partial charge in [0.05, 0.1) is 5.92 Å². The largest absolute Gasteiger partial charge is 0.481 e. The zero-order valence-electron chi connectivity index (χ0n) is 8.29. The molecular weight excluding hydrogens is 168 g/mol. The van der Waals surface area contributed by atoms with Crippen LogP contribution in [0.5, 0.6) is 0 Å². The molecule has 1 saturated carbocycles. The van der Waals surface area contributed by atoms with Gasteiger partial charge >= 0.3 is 5.97 Å². The Morgan fingerprint density at radius 1 is 1.54 bits per heavy atom. The van der Waals surface area contributed by atoms with Crippen molar-refractivity contribution in [2.24, 2.45) is 5.92 Å². The Morgan fingerprint density at radius 3 is 2.62 bits per heavy atom. The highest BCUT2D eigenvalue weighted by Crippen LogP contribution is 2.27. The van der Waals surface area contributed by atoms with Crippen LogP contribution in [-0.4, -0.2) is 49.2 Å². The minimum Gasteiger partial charge on any atom is -0.481 e. The lowest BCUT2D eigenvalue weighted by atomic mass is 9.79. The van der Waals surface area contributed by atoms with Crippen molar-refractivity contribution in [1.29, 1.82) is 0 Å². The van der Waals surface area contributed by atoms with Gasteiger partial charge in [0.2, 0.25) is 0 Å². The summed E-state index contributed by atoms with van der Waals surface area (Å²) in [6.45, 7) is 1.84. The molecule has 2 N–H and O–H groups in total. The highest BCUT2D eigenvalue weighted by atomic mass is 16.4. The molecule has 0 radical (unpaired) electrons. The molecule has 0 saturated heterocycles. The monoisotopic (exact) mass is 186 g/mol. The number of carboxylic acids is 1. The zero-order valence-corrected chi connectivity index (χ0v) is 8.29. The molecule has 13 heavy (non-hydrogen) atoms. The standard InChI is InChI=1S/C9H18N2O2/c1-11(2)6-5-10-8-4-3-7(8)9(12)13/h7-8,10H,3-6H2,1-2H3,(H,12,13). The van der Waals surface area contributed by atoms with E-state index < -0.39 is 5.97 Å². The SMILES string of the molecule is CN(C)CCNC1CCC1C(=O)O. The molecule has 0 heterocycles. The first-order valence-electron chi connectivity index (χ1n) is 4.72. The second-order valence-electron chi connectivity index (χ2n) is 3.89. The third-order valence-electron chi connectivity index (χ3n) is 2.56. The van der Waals surface area contributed by atoms with Crippen LogP contribution in [0.3, 0.4) is 0 Å². The summed E-state index contributed by atoms with van der Waals surface area (Å²) in [6.07, 6.45) is 1.83. The lowest BCUT2D eigenvalue weighted by Gasteiger charge is -2.34. The fourth-order valence-corrected chi connectivity index (χ4v) is 1.51. The molecule has 1 aliphatic carbocycles. The smallest absolute Gasteiger partial charge is 0.308 e. The number of aliphatic carboxylic acids is 1. The maximum absolute atomic E-state index is 10.6. The van der Waals surface area contributed by atoms with E-state index in [1.807, 2.05) is 14.1 Å². The number of carbonyl (C=O) groups is 1. The summed E-state index contributed by atoms with van der Waals surface area (Å²) in [7, 11) is 4.02. The Morgan fingerprint density at radius 2 is 2.23 bits per heavy atom. The molecule has 0 amide bonds. The van der Waals surface area contributed by atoms with Crippen LogP contribution in [-0.2, 0) is 4.79 Å². The number of carboxylic acid groups (broad SMARTS) is 1. The van der Waals surface area contributed by atoms with Gasteiger partial charge in [-0.15, -0.1) is 0 Å². The van der Waals surface area contributed by atoms with E-state index in [2.05, 4.69) is 10.2 Å². The molecule has 2 unspecified atom stereocenters. The molecule has 0 bridgehead atoms. The molecule has 4 nitrogen and oxygen atoms in total. The second kappa shape index (κ2) is 4.58. The average Bonchev–Trinajstić information content (AvgIpc) is 1.93. The van der Waals surface area contributed by atoms with E-state index in [0.717, 1.165) is 25.9 Å². The molecule has 2 atom stereocenters.